The normalized spacial score (nSPS) is 11.2. The van der Waals surface area contributed by atoms with Crippen molar-refractivity contribution in [3.8, 4) is 5.75 Å². The molecule has 1 heterocycles. The van der Waals surface area contributed by atoms with E-state index in [1.807, 2.05) is 68.4 Å². The molecule has 8 nitrogen and oxygen atoms in total. The van der Waals surface area contributed by atoms with Gasteiger partial charge in [-0.15, -0.1) is 11.8 Å². The number of rotatable bonds is 11. The molecule has 0 bridgehead atoms. The summed E-state index contributed by atoms with van der Waals surface area (Å²) < 4.78 is 6.47. The van der Waals surface area contributed by atoms with E-state index < -0.39 is 11.8 Å². The molecule has 0 aliphatic heterocycles. The van der Waals surface area contributed by atoms with Crippen LogP contribution in [0.3, 0.4) is 0 Å². The molecule has 0 unspecified atom stereocenters. The number of aromatic nitrogens is 1. The van der Waals surface area contributed by atoms with Crippen LogP contribution in [0.5, 0.6) is 5.75 Å². The van der Waals surface area contributed by atoms with Gasteiger partial charge in [-0.05, 0) is 79.6 Å². The third-order valence-corrected chi connectivity index (χ3v) is 8.32. The van der Waals surface area contributed by atoms with Crippen LogP contribution >= 0.6 is 23.1 Å². The fourth-order valence-electron chi connectivity index (χ4n) is 4.23. The molecule has 222 valence electrons. The number of nitrogens with one attached hydrogen (secondary N) is 3. The highest BCUT2D eigenvalue weighted by Crippen LogP contribution is 2.30. The highest BCUT2D eigenvalue weighted by Gasteiger charge is 2.16. The Morgan fingerprint density at radius 1 is 0.909 bits per heavy atom. The Labute approximate surface area is 263 Å². The number of nitrogens with zero attached hydrogens (tertiary/aromatic N) is 1. The van der Waals surface area contributed by atoms with Gasteiger partial charge in [-0.2, -0.15) is 0 Å². The van der Waals surface area contributed by atoms with Gasteiger partial charge in [-0.25, -0.2) is 4.98 Å². The van der Waals surface area contributed by atoms with Crippen LogP contribution in [0.1, 0.15) is 28.4 Å². The van der Waals surface area contributed by atoms with Crippen molar-refractivity contribution in [3.63, 3.8) is 0 Å². The number of thioether (sulfide) groups is 1. The number of hydrogen-bond acceptors (Lipinski definition) is 7. The maximum Gasteiger partial charge on any atom is 0.272 e. The zero-order valence-electron chi connectivity index (χ0n) is 24.1. The summed E-state index contributed by atoms with van der Waals surface area (Å²) in [6, 6.07) is 29.2. The van der Waals surface area contributed by atoms with E-state index in [-0.39, 0.29) is 17.4 Å². The van der Waals surface area contributed by atoms with Gasteiger partial charge in [0.1, 0.15) is 11.4 Å². The highest BCUT2D eigenvalue weighted by molar-refractivity contribution is 8.00. The van der Waals surface area contributed by atoms with Crippen LogP contribution in [-0.4, -0.2) is 35.1 Å². The first-order chi connectivity index (χ1) is 21.4. The van der Waals surface area contributed by atoms with Crippen molar-refractivity contribution in [2.75, 3.05) is 23.0 Å². The van der Waals surface area contributed by atoms with Crippen LogP contribution in [-0.2, 0) is 9.59 Å². The lowest BCUT2D eigenvalue weighted by molar-refractivity contribution is -0.114. The first-order valence-corrected chi connectivity index (χ1v) is 15.7. The Morgan fingerprint density at radius 2 is 1.70 bits per heavy atom. The SMILES string of the molecule is CCOc1ccc2nc(NC(=O)CSc3cccc(NC(=O)/C(=C/c4ccccc4C)NC(=O)c4ccccc4)c3)sc2c1. The molecule has 0 aliphatic rings. The maximum atomic E-state index is 13.4. The van der Waals surface area contributed by atoms with Crippen LogP contribution in [0.2, 0.25) is 0 Å². The van der Waals surface area contributed by atoms with Gasteiger partial charge in [0.05, 0.1) is 22.6 Å². The molecule has 0 aliphatic carbocycles. The van der Waals surface area contributed by atoms with Gasteiger partial charge >= 0.3 is 0 Å². The van der Waals surface area contributed by atoms with Crippen molar-refractivity contribution in [1.82, 2.24) is 10.3 Å². The van der Waals surface area contributed by atoms with E-state index in [1.54, 1.807) is 48.5 Å². The van der Waals surface area contributed by atoms with Crippen molar-refractivity contribution >= 4 is 67.9 Å². The third-order valence-electron chi connectivity index (χ3n) is 6.40. The molecule has 44 heavy (non-hydrogen) atoms. The Hall–Kier alpha value is -4.93. The van der Waals surface area contributed by atoms with E-state index in [1.165, 1.54) is 23.1 Å². The summed E-state index contributed by atoms with van der Waals surface area (Å²) in [5, 5.41) is 9.03. The molecule has 0 fully saturated rings. The summed E-state index contributed by atoms with van der Waals surface area (Å²) in [6.45, 7) is 4.44. The molecule has 5 rings (SSSR count). The number of hydrogen-bond donors (Lipinski definition) is 3. The van der Waals surface area contributed by atoms with E-state index in [0.29, 0.717) is 23.0 Å². The number of anilines is 2. The van der Waals surface area contributed by atoms with Crippen LogP contribution in [0.25, 0.3) is 16.3 Å². The van der Waals surface area contributed by atoms with Crippen molar-refractivity contribution in [2.24, 2.45) is 0 Å². The minimum Gasteiger partial charge on any atom is -0.494 e. The van der Waals surface area contributed by atoms with Crippen molar-refractivity contribution in [1.29, 1.82) is 0 Å². The second-order valence-electron chi connectivity index (χ2n) is 9.64. The van der Waals surface area contributed by atoms with Gasteiger partial charge in [0.2, 0.25) is 5.91 Å². The van der Waals surface area contributed by atoms with E-state index in [4.69, 9.17) is 4.74 Å². The van der Waals surface area contributed by atoms with E-state index in [0.717, 1.165) is 32.0 Å². The monoisotopic (exact) mass is 622 g/mol. The summed E-state index contributed by atoms with van der Waals surface area (Å²) >= 11 is 2.72. The van der Waals surface area contributed by atoms with Gasteiger partial charge < -0.3 is 20.7 Å². The quantitative estimate of drug-likeness (QED) is 0.107. The zero-order valence-corrected chi connectivity index (χ0v) is 25.8. The minimum atomic E-state index is -0.472. The van der Waals surface area contributed by atoms with Crippen LogP contribution < -0.4 is 20.7 Å². The topological polar surface area (TPSA) is 109 Å². The van der Waals surface area contributed by atoms with Gasteiger partial charge in [-0.1, -0.05) is 59.9 Å². The fourth-order valence-corrected chi connectivity index (χ4v) is 5.89. The summed E-state index contributed by atoms with van der Waals surface area (Å²) in [5.41, 5.74) is 3.64. The number of thiazole rings is 1. The molecule has 0 radical (unpaired) electrons. The lowest BCUT2D eigenvalue weighted by Gasteiger charge is -2.13. The number of ether oxygens (including phenoxy) is 1. The highest BCUT2D eigenvalue weighted by atomic mass is 32.2. The number of carbonyl (C=O) groups is 3. The van der Waals surface area contributed by atoms with Crippen LogP contribution in [0, 0.1) is 6.92 Å². The smallest absolute Gasteiger partial charge is 0.272 e. The second kappa shape index (κ2) is 14.5. The van der Waals surface area contributed by atoms with Gasteiger partial charge in [0, 0.05) is 16.1 Å². The molecular formula is C34H30N4O4S2. The molecule has 3 N–H and O–H groups in total. The molecule has 0 atom stereocenters. The Kier molecular flexibility index (Phi) is 10.1. The number of fused-ring (bicyclic) bond motifs is 1. The molecule has 3 amide bonds. The number of benzene rings is 4. The lowest BCUT2D eigenvalue weighted by atomic mass is 10.1. The molecular weight excluding hydrogens is 593 g/mol. The predicted octanol–water partition coefficient (Wildman–Crippen LogP) is 7.14. The first kappa shape index (κ1) is 30.5. The second-order valence-corrected chi connectivity index (χ2v) is 11.7. The summed E-state index contributed by atoms with van der Waals surface area (Å²) in [7, 11) is 0. The first-order valence-electron chi connectivity index (χ1n) is 13.9. The van der Waals surface area contributed by atoms with E-state index in [2.05, 4.69) is 20.9 Å². The van der Waals surface area contributed by atoms with Gasteiger partial charge in [-0.3, -0.25) is 14.4 Å². The fraction of sp³-hybridized carbons (Fsp3) is 0.118. The molecule has 10 heteroatoms. The molecule has 0 saturated carbocycles. The largest absolute Gasteiger partial charge is 0.494 e. The van der Waals surface area contributed by atoms with Crippen molar-refractivity contribution in [3.05, 3.63) is 119 Å². The summed E-state index contributed by atoms with van der Waals surface area (Å²) in [5.74, 6) is -0.135. The number of amides is 3. The standard InChI is InChI=1S/C34H30N4O4S2/c1-3-42-26-16-17-28-30(20-26)44-34(37-28)38-31(39)21-43-27-15-9-14-25(19-27)35-33(41)29(18-24-13-8-7-10-22(24)2)36-32(40)23-11-5-4-6-12-23/h4-20H,3,21H2,1-2H3,(H,35,41)(H,36,40)(H,37,38,39)/b29-18-. The molecule has 0 saturated heterocycles. The molecule has 1 aromatic heterocycles. The Balaban J connectivity index is 1.24. The summed E-state index contributed by atoms with van der Waals surface area (Å²) in [6.07, 6.45) is 1.66. The van der Waals surface area contributed by atoms with E-state index >= 15 is 0 Å². The maximum absolute atomic E-state index is 13.4. The van der Waals surface area contributed by atoms with Crippen molar-refractivity contribution < 1.29 is 19.1 Å². The van der Waals surface area contributed by atoms with Crippen LogP contribution in [0.15, 0.2) is 108 Å². The average molecular weight is 623 g/mol. The number of carbonyl (C=O) groups excluding carboxylic acids is 3. The number of aryl methyl sites for hydroxylation is 1. The van der Waals surface area contributed by atoms with Gasteiger partial charge in [0.25, 0.3) is 11.8 Å². The molecule has 5 aromatic rings. The Bertz CT molecular complexity index is 1840. The predicted molar refractivity (Wildman–Crippen MR) is 178 cm³/mol. The molecule has 0 spiro atoms. The molecule has 4 aromatic carbocycles. The van der Waals surface area contributed by atoms with Crippen molar-refractivity contribution in [2.45, 2.75) is 18.7 Å². The Morgan fingerprint density at radius 3 is 2.50 bits per heavy atom. The average Bonchev–Trinajstić information content (AvgIpc) is 3.43. The van der Waals surface area contributed by atoms with E-state index in [9.17, 15) is 14.4 Å². The minimum absolute atomic E-state index is 0.106. The van der Waals surface area contributed by atoms with Crippen LogP contribution in [0.4, 0.5) is 10.8 Å². The van der Waals surface area contributed by atoms with Gasteiger partial charge in [0.15, 0.2) is 5.13 Å². The summed E-state index contributed by atoms with van der Waals surface area (Å²) in [4.78, 5) is 44.3. The zero-order chi connectivity index (χ0) is 30.9. The lowest BCUT2D eigenvalue weighted by Crippen LogP contribution is -2.30. The third kappa shape index (κ3) is 8.12.